The highest BCUT2D eigenvalue weighted by Crippen LogP contribution is 2.29. The number of thiazole rings is 1. The number of nitrogens with one attached hydrogen (secondary N) is 1. The highest BCUT2D eigenvalue weighted by Gasteiger charge is 2.23. The summed E-state index contributed by atoms with van der Waals surface area (Å²) in [6.07, 6.45) is 11.2. The average Bonchev–Trinajstić information content (AvgIpc) is 3.43. The van der Waals surface area contributed by atoms with Crippen molar-refractivity contribution in [3.05, 3.63) is 83.4 Å². The lowest BCUT2D eigenvalue weighted by Gasteiger charge is -2.32. The Kier molecular flexibility index (Phi) is 9.32. The molecule has 1 aliphatic heterocycles. The van der Waals surface area contributed by atoms with Crippen molar-refractivity contribution in [3.63, 3.8) is 0 Å². The summed E-state index contributed by atoms with van der Waals surface area (Å²) in [6, 6.07) is 13.5. The molecule has 0 unspecified atom stereocenters. The molecule has 7 nitrogen and oxygen atoms in total. The van der Waals surface area contributed by atoms with Crippen LogP contribution in [0.15, 0.2) is 67.3 Å². The van der Waals surface area contributed by atoms with Gasteiger partial charge in [0.2, 0.25) is 0 Å². The summed E-state index contributed by atoms with van der Waals surface area (Å²) in [6.45, 7) is 7.67. The van der Waals surface area contributed by atoms with Gasteiger partial charge in [-0.1, -0.05) is 19.9 Å². The minimum absolute atomic E-state index is 0.109. The molecular formula is C29H34N6OS. The largest absolute Gasteiger partial charge is 0.339 e. The molecule has 0 saturated carbocycles. The number of pyridine rings is 3. The summed E-state index contributed by atoms with van der Waals surface area (Å²) < 4.78 is 0. The number of hydrogen-bond donors (Lipinski definition) is 1. The van der Waals surface area contributed by atoms with Gasteiger partial charge in [-0.3, -0.25) is 9.78 Å². The monoisotopic (exact) mass is 514 g/mol. The fraction of sp³-hybridized carbons (Fsp3) is 0.345. The molecule has 192 valence electrons. The van der Waals surface area contributed by atoms with Crippen molar-refractivity contribution in [1.82, 2.24) is 24.8 Å². The third kappa shape index (κ3) is 7.20. The quantitative estimate of drug-likeness (QED) is 0.301. The second kappa shape index (κ2) is 13.1. The van der Waals surface area contributed by atoms with E-state index in [1.54, 1.807) is 42.1 Å². The average molecular weight is 515 g/mol. The predicted octanol–water partition coefficient (Wildman–Crippen LogP) is 6.56. The third-order valence-electron chi connectivity index (χ3n) is 6.32. The van der Waals surface area contributed by atoms with Crippen molar-refractivity contribution in [2.24, 2.45) is 5.92 Å². The van der Waals surface area contributed by atoms with Crippen molar-refractivity contribution in [3.8, 4) is 10.6 Å². The molecule has 4 aromatic rings. The molecule has 0 radical (unpaired) electrons. The Morgan fingerprint density at radius 1 is 1.03 bits per heavy atom. The van der Waals surface area contributed by atoms with Crippen molar-refractivity contribution in [2.75, 3.05) is 18.4 Å². The number of aryl methyl sites for hydroxylation is 2. The molecule has 1 N–H and O–H groups in total. The van der Waals surface area contributed by atoms with Crippen molar-refractivity contribution < 1.29 is 4.79 Å². The number of carbonyl (C=O) groups is 1. The molecule has 0 bridgehead atoms. The van der Waals surface area contributed by atoms with Crippen LogP contribution in [0.3, 0.4) is 0 Å². The standard InChI is InChI=1S/C27H28N6OS.C2H6/c1-19-7-14-29-25(17-19)32-24-4-2-3-22(31-24)23-18-30-26(35-23)6-5-20-10-15-33(16-11-20)27(34)21-8-12-28-13-9-21;1-2/h2-4,7-9,12-14,17-18,20H,5-6,10-11,15-16H2,1H3,(H,29,31,32);1-2H3. The van der Waals surface area contributed by atoms with Crippen LogP contribution in [0.5, 0.6) is 0 Å². The zero-order valence-electron chi connectivity index (χ0n) is 21.7. The summed E-state index contributed by atoms with van der Waals surface area (Å²) in [4.78, 5) is 33.4. The summed E-state index contributed by atoms with van der Waals surface area (Å²) in [5.41, 5.74) is 2.78. The van der Waals surface area contributed by atoms with E-state index in [9.17, 15) is 4.79 Å². The number of likely N-dealkylation sites (tertiary alicyclic amines) is 1. The van der Waals surface area contributed by atoms with Crippen LogP contribution >= 0.6 is 11.3 Å². The van der Waals surface area contributed by atoms with Crippen LogP contribution in [0.25, 0.3) is 10.6 Å². The number of rotatable bonds is 7. The first-order valence-electron chi connectivity index (χ1n) is 13.0. The maximum absolute atomic E-state index is 12.6. The van der Waals surface area contributed by atoms with Gasteiger partial charge in [-0.2, -0.15) is 0 Å². The number of aromatic nitrogens is 4. The Balaban J connectivity index is 0.00000156. The van der Waals surface area contributed by atoms with E-state index in [2.05, 4.69) is 20.3 Å². The van der Waals surface area contributed by atoms with Gasteiger partial charge in [0, 0.05) is 43.4 Å². The zero-order valence-corrected chi connectivity index (χ0v) is 22.5. The Labute approximate surface area is 223 Å². The SMILES string of the molecule is CC.Cc1ccnc(Nc2cccc(-c3cnc(CCC4CCN(C(=O)c5ccncc5)CC4)s3)n2)c1. The number of piperidine rings is 1. The molecule has 8 heteroatoms. The minimum atomic E-state index is 0.109. The number of amides is 1. The molecule has 1 amide bonds. The van der Waals surface area contributed by atoms with Gasteiger partial charge >= 0.3 is 0 Å². The number of hydrogen-bond acceptors (Lipinski definition) is 7. The molecule has 1 saturated heterocycles. The molecule has 0 aromatic carbocycles. The van der Waals surface area contributed by atoms with Crippen molar-refractivity contribution in [2.45, 2.75) is 46.5 Å². The minimum Gasteiger partial charge on any atom is -0.339 e. The second-order valence-electron chi connectivity index (χ2n) is 8.88. The van der Waals surface area contributed by atoms with E-state index in [4.69, 9.17) is 4.98 Å². The van der Waals surface area contributed by atoms with Gasteiger partial charge in [-0.15, -0.1) is 11.3 Å². The first kappa shape index (κ1) is 26.4. The topological polar surface area (TPSA) is 83.9 Å². The van der Waals surface area contributed by atoms with Gasteiger partial charge in [-0.05, 0) is 80.5 Å². The lowest BCUT2D eigenvalue weighted by Crippen LogP contribution is -2.38. The van der Waals surface area contributed by atoms with Crippen LogP contribution in [-0.2, 0) is 6.42 Å². The molecule has 4 aromatic heterocycles. The van der Waals surface area contributed by atoms with E-state index in [-0.39, 0.29) is 5.91 Å². The summed E-state index contributed by atoms with van der Waals surface area (Å²) >= 11 is 1.71. The highest BCUT2D eigenvalue weighted by atomic mass is 32.1. The molecule has 5 rings (SSSR count). The summed E-state index contributed by atoms with van der Waals surface area (Å²) in [7, 11) is 0. The van der Waals surface area contributed by atoms with Crippen LogP contribution in [-0.4, -0.2) is 43.8 Å². The molecule has 0 aliphatic carbocycles. The van der Waals surface area contributed by atoms with Gasteiger partial charge < -0.3 is 10.2 Å². The second-order valence-corrected chi connectivity index (χ2v) is 10.00. The molecule has 1 fully saturated rings. The Hall–Kier alpha value is -3.65. The molecule has 5 heterocycles. The van der Waals surface area contributed by atoms with Crippen LogP contribution in [0.1, 0.15) is 54.0 Å². The third-order valence-corrected chi connectivity index (χ3v) is 7.40. The number of nitrogens with zero attached hydrogens (tertiary/aromatic N) is 5. The van der Waals surface area contributed by atoms with Gasteiger partial charge in [0.25, 0.3) is 5.91 Å². The van der Waals surface area contributed by atoms with E-state index in [1.807, 2.05) is 62.2 Å². The van der Waals surface area contributed by atoms with E-state index < -0.39 is 0 Å². The maximum atomic E-state index is 12.6. The lowest BCUT2D eigenvalue weighted by molar-refractivity contribution is 0.0687. The van der Waals surface area contributed by atoms with Crippen LogP contribution in [0, 0.1) is 12.8 Å². The van der Waals surface area contributed by atoms with Gasteiger partial charge in [0.05, 0.1) is 15.6 Å². The zero-order chi connectivity index (χ0) is 26.0. The van der Waals surface area contributed by atoms with Crippen molar-refractivity contribution in [1.29, 1.82) is 0 Å². The Bertz CT molecular complexity index is 1280. The Morgan fingerprint density at radius 3 is 2.57 bits per heavy atom. The molecule has 0 spiro atoms. The highest BCUT2D eigenvalue weighted by molar-refractivity contribution is 7.15. The smallest absolute Gasteiger partial charge is 0.253 e. The predicted molar refractivity (Wildman–Crippen MR) is 150 cm³/mol. The van der Waals surface area contributed by atoms with Gasteiger partial charge in [0.1, 0.15) is 11.6 Å². The van der Waals surface area contributed by atoms with Crippen molar-refractivity contribution >= 4 is 28.9 Å². The van der Waals surface area contributed by atoms with Crippen LogP contribution in [0.4, 0.5) is 11.6 Å². The first-order valence-corrected chi connectivity index (χ1v) is 13.8. The summed E-state index contributed by atoms with van der Waals surface area (Å²) in [5, 5.41) is 4.42. The molecule has 0 atom stereocenters. The molecule has 1 aliphatic rings. The molecular weight excluding hydrogens is 480 g/mol. The Morgan fingerprint density at radius 2 is 1.81 bits per heavy atom. The fourth-order valence-corrected chi connectivity index (χ4v) is 5.25. The normalized spacial score (nSPS) is 13.5. The number of carbonyl (C=O) groups excluding carboxylic acids is 1. The van der Waals surface area contributed by atoms with Crippen LogP contribution < -0.4 is 5.32 Å². The first-order chi connectivity index (χ1) is 18.1. The van der Waals surface area contributed by atoms with E-state index in [0.29, 0.717) is 5.92 Å². The fourth-order valence-electron chi connectivity index (χ4n) is 4.35. The maximum Gasteiger partial charge on any atom is 0.253 e. The summed E-state index contributed by atoms with van der Waals surface area (Å²) in [5.74, 6) is 2.28. The molecule has 37 heavy (non-hydrogen) atoms. The van der Waals surface area contributed by atoms with Gasteiger partial charge in [0.15, 0.2) is 0 Å². The number of anilines is 2. The van der Waals surface area contributed by atoms with E-state index in [1.165, 1.54) is 0 Å². The van der Waals surface area contributed by atoms with E-state index in [0.717, 1.165) is 77.1 Å². The van der Waals surface area contributed by atoms with E-state index >= 15 is 0 Å². The van der Waals surface area contributed by atoms with Crippen LogP contribution in [0.2, 0.25) is 0 Å². The lowest BCUT2D eigenvalue weighted by atomic mass is 9.92. The van der Waals surface area contributed by atoms with Gasteiger partial charge in [-0.25, -0.2) is 15.0 Å².